The maximum absolute atomic E-state index is 15.2. The Morgan fingerprint density at radius 2 is 2.00 bits per heavy atom. The van der Waals surface area contributed by atoms with Crippen LogP contribution in [-0.2, 0) is 0 Å². The van der Waals surface area contributed by atoms with E-state index in [9.17, 15) is 0 Å². The van der Waals surface area contributed by atoms with E-state index >= 15 is 4.39 Å². The van der Waals surface area contributed by atoms with Crippen LogP contribution in [0.25, 0.3) is 55.8 Å². The standard InChI is InChI=1S/C28H24FN7S/c1-15(2)8-16(3)32-19-9-18(12-30-13-19)20-10-21-24(11-22(20)29)35-36-26(21)28-33-23-4-6-31-25(27(23)34-28)17-5-7-37-14-17/h4-7,9-15,32H,3,8H2,1-2H3,(H,33,34)(H,35,36). The maximum Gasteiger partial charge on any atom is 0.159 e. The summed E-state index contributed by atoms with van der Waals surface area (Å²) in [5, 5.41) is 15.5. The van der Waals surface area contributed by atoms with E-state index in [-0.39, 0.29) is 5.82 Å². The van der Waals surface area contributed by atoms with Crippen molar-refractivity contribution >= 4 is 39.0 Å². The number of imidazole rings is 1. The number of anilines is 1. The summed E-state index contributed by atoms with van der Waals surface area (Å²) in [7, 11) is 0. The minimum Gasteiger partial charge on any atom is -0.358 e. The monoisotopic (exact) mass is 509 g/mol. The van der Waals surface area contributed by atoms with Crippen molar-refractivity contribution in [1.82, 2.24) is 30.1 Å². The van der Waals surface area contributed by atoms with E-state index in [2.05, 4.69) is 50.9 Å². The van der Waals surface area contributed by atoms with Crippen LogP contribution in [0.3, 0.4) is 0 Å². The number of H-pyrrole nitrogens is 2. The highest BCUT2D eigenvalue weighted by molar-refractivity contribution is 7.08. The van der Waals surface area contributed by atoms with Crippen LogP contribution in [0.1, 0.15) is 20.3 Å². The Hall–Kier alpha value is -4.37. The van der Waals surface area contributed by atoms with Crippen molar-refractivity contribution < 1.29 is 4.39 Å². The zero-order valence-electron chi connectivity index (χ0n) is 20.3. The number of aromatic nitrogens is 6. The molecule has 0 unspecified atom stereocenters. The number of fused-ring (bicyclic) bond motifs is 2. The van der Waals surface area contributed by atoms with Crippen molar-refractivity contribution in [2.75, 3.05) is 5.32 Å². The van der Waals surface area contributed by atoms with Gasteiger partial charge in [-0.25, -0.2) is 9.37 Å². The molecule has 0 atom stereocenters. The highest BCUT2D eigenvalue weighted by atomic mass is 32.1. The largest absolute Gasteiger partial charge is 0.358 e. The molecule has 7 nitrogen and oxygen atoms in total. The van der Waals surface area contributed by atoms with Gasteiger partial charge in [0.05, 0.1) is 28.6 Å². The molecule has 0 saturated carbocycles. The summed E-state index contributed by atoms with van der Waals surface area (Å²) in [6.07, 6.45) is 5.96. The molecule has 0 aliphatic rings. The lowest BCUT2D eigenvalue weighted by molar-refractivity contribution is 0.632. The molecule has 6 aromatic rings. The first-order valence-corrected chi connectivity index (χ1v) is 12.9. The Bertz CT molecular complexity index is 1750. The van der Waals surface area contributed by atoms with Crippen LogP contribution < -0.4 is 5.32 Å². The molecule has 3 N–H and O–H groups in total. The van der Waals surface area contributed by atoms with Gasteiger partial charge < -0.3 is 10.3 Å². The van der Waals surface area contributed by atoms with Crippen molar-refractivity contribution in [2.24, 2.45) is 5.92 Å². The molecule has 0 amide bonds. The van der Waals surface area contributed by atoms with Crippen molar-refractivity contribution in [3.05, 3.63) is 77.8 Å². The molecule has 184 valence electrons. The van der Waals surface area contributed by atoms with E-state index < -0.39 is 0 Å². The quantitative estimate of drug-likeness (QED) is 0.208. The van der Waals surface area contributed by atoms with Crippen LogP contribution in [-0.4, -0.2) is 30.1 Å². The second-order valence-electron chi connectivity index (χ2n) is 9.39. The zero-order chi connectivity index (χ0) is 25.5. The molecular formula is C28H24FN7S. The third-order valence-corrected chi connectivity index (χ3v) is 6.78. The molecule has 0 aliphatic heterocycles. The van der Waals surface area contributed by atoms with Crippen molar-refractivity contribution in [3.63, 3.8) is 0 Å². The van der Waals surface area contributed by atoms with E-state index in [1.54, 1.807) is 36.0 Å². The van der Waals surface area contributed by atoms with Gasteiger partial charge >= 0.3 is 0 Å². The third-order valence-electron chi connectivity index (χ3n) is 6.10. The fraction of sp³-hybridized carbons (Fsp3) is 0.143. The Kier molecular flexibility index (Phi) is 5.77. The van der Waals surface area contributed by atoms with Crippen LogP contribution in [0.5, 0.6) is 0 Å². The van der Waals surface area contributed by atoms with Gasteiger partial charge in [-0.2, -0.15) is 16.4 Å². The normalized spacial score (nSPS) is 11.6. The molecule has 1 aromatic carbocycles. The number of nitrogens with zero attached hydrogens (tertiary/aromatic N) is 4. The van der Waals surface area contributed by atoms with E-state index in [1.807, 2.05) is 29.0 Å². The minimum atomic E-state index is -0.365. The van der Waals surface area contributed by atoms with Crippen LogP contribution in [0.2, 0.25) is 0 Å². The van der Waals surface area contributed by atoms with E-state index in [4.69, 9.17) is 4.98 Å². The highest BCUT2D eigenvalue weighted by Gasteiger charge is 2.18. The van der Waals surface area contributed by atoms with Gasteiger partial charge in [0.15, 0.2) is 5.82 Å². The Morgan fingerprint density at radius 3 is 2.81 bits per heavy atom. The number of aromatic amines is 2. The molecule has 0 aliphatic carbocycles. The van der Waals surface area contributed by atoms with Crippen molar-refractivity contribution in [1.29, 1.82) is 0 Å². The van der Waals surface area contributed by atoms with Gasteiger partial charge in [-0.05, 0) is 42.0 Å². The molecule has 0 saturated heterocycles. The number of hydrogen-bond acceptors (Lipinski definition) is 6. The molecule has 5 heterocycles. The summed E-state index contributed by atoms with van der Waals surface area (Å²) in [6, 6.07) is 9.04. The molecular weight excluding hydrogens is 485 g/mol. The van der Waals surface area contributed by atoms with Crippen molar-refractivity contribution in [2.45, 2.75) is 20.3 Å². The van der Waals surface area contributed by atoms with Crippen LogP contribution in [0.4, 0.5) is 10.1 Å². The maximum atomic E-state index is 15.2. The lowest BCUT2D eigenvalue weighted by atomic mass is 10.0. The number of thiophene rings is 1. The predicted octanol–water partition coefficient (Wildman–Crippen LogP) is 7.40. The number of rotatable bonds is 7. The predicted molar refractivity (Wildman–Crippen MR) is 148 cm³/mol. The average molecular weight is 510 g/mol. The molecule has 37 heavy (non-hydrogen) atoms. The fourth-order valence-electron chi connectivity index (χ4n) is 4.50. The Balaban J connectivity index is 1.41. The SMILES string of the molecule is C=C(CC(C)C)Nc1cncc(-c2cc3c(-c4nc5c(-c6ccsc6)nccc5[nH]4)n[nH]c3cc2F)c1. The smallest absolute Gasteiger partial charge is 0.159 e. The summed E-state index contributed by atoms with van der Waals surface area (Å²) in [4.78, 5) is 17.1. The second-order valence-corrected chi connectivity index (χ2v) is 10.2. The van der Waals surface area contributed by atoms with Crippen molar-refractivity contribution in [3.8, 4) is 33.9 Å². The molecule has 0 spiro atoms. The number of pyridine rings is 2. The van der Waals surface area contributed by atoms with Crippen LogP contribution in [0, 0.1) is 11.7 Å². The Labute approximate surface area is 216 Å². The Morgan fingerprint density at radius 1 is 1.11 bits per heavy atom. The first kappa shape index (κ1) is 23.1. The van der Waals surface area contributed by atoms with Gasteiger partial charge in [0.1, 0.15) is 17.0 Å². The molecule has 0 radical (unpaired) electrons. The number of allylic oxidation sites excluding steroid dienone is 1. The summed E-state index contributed by atoms with van der Waals surface area (Å²) >= 11 is 1.61. The lowest BCUT2D eigenvalue weighted by Gasteiger charge is -2.12. The summed E-state index contributed by atoms with van der Waals surface area (Å²) < 4.78 is 15.2. The first-order valence-electron chi connectivity index (χ1n) is 11.9. The van der Waals surface area contributed by atoms with E-state index in [0.717, 1.165) is 45.5 Å². The van der Waals surface area contributed by atoms with Crippen LogP contribution in [0.15, 0.2) is 72.0 Å². The zero-order valence-corrected chi connectivity index (χ0v) is 21.2. The fourth-order valence-corrected chi connectivity index (χ4v) is 5.14. The average Bonchev–Trinajstić information content (AvgIpc) is 3.62. The minimum absolute atomic E-state index is 0.365. The highest BCUT2D eigenvalue weighted by Crippen LogP contribution is 2.34. The summed E-state index contributed by atoms with van der Waals surface area (Å²) in [6.45, 7) is 8.36. The molecule has 0 bridgehead atoms. The van der Waals surface area contributed by atoms with E-state index in [1.165, 1.54) is 6.07 Å². The van der Waals surface area contributed by atoms with Gasteiger partial charge in [-0.3, -0.25) is 15.1 Å². The number of hydrogen-bond donors (Lipinski definition) is 3. The number of nitrogens with one attached hydrogen (secondary N) is 3. The molecule has 6 rings (SSSR count). The second kappa shape index (κ2) is 9.25. The van der Waals surface area contributed by atoms with Crippen LogP contribution >= 0.6 is 11.3 Å². The van der Waals surface area contributed by atoms with Gasteiger partial charge in [0.2, 0.25) is 0 Å². The topological polar surface area (TPSA) is 95.2 Å². The van der Waals surface area contributed by atoms with Gasteiger partial charge in [0, 0.05) is 51.6 Å². The van der Waals surface area contributed by atoms with Gasteiger partial charge in [-0.1, -0.05) is 20.4 Å². The number of benzene rings is 1. The summed E-state index contributed by atoms with van der Waals surface area (Å²) in [5.41, 5.74) is 7.37. The van der Waals surface area contributed by atoms with Gasteiger partial charge in [0.25, 0.3) is 0 Å². The molecule has 9 heteroatoms. The van der Waals surface area contributed by atoms with E-state index in [0.29, 0.717) is 34.1 Å². The lowest BCUT2D eigenvalue weighted by Crippen LogP contribution is -2.02. The molecule has 5 aromatic heterocycles. The van der Waals surface area contributed by atoms with Gasteiger partial charge in [-0.15, -0.1) is 0 Å². The molecule has 0 fully saturated rings. The third kappa shape index (κ3) is 4.38. The number of halogens is 1. The first-order chi connectivity index (χ1) is 18.0. The summed E-state index contributed by atoms with van der Waals surface area (Å²) in [5.74, 6) is 0.698.